The molecule has 0 saturated carbocycles. The van der Waals surface area contributed by atoms with E-state index in [-0.39, 0.29) is 28.7 Å². The summed E-state index contributed by atoms with van der Waals surface area (Å²) in [7, 11) is 0. The van der Waals surface area contributed by atoms with E-state index in [9.17, 15) is 18.0 Å². The van der Waals surface area contributed by atoms with Crippen LogP contribution in [-0.2, 0) is 6.18 Å². The molecule has 0 spiro atoms. The third kappa shape index (κ3) is 4.03. The van der Waals surface area contributed by atoms with Crippen LogP contribution in [0.1, 0.15) is 40.7 Å². The quantitative estimate of drug-likeness (QED) is 0.403. The molecule has 12 heteroatoms. The van der Waals surface area contributed by atoms with Crippen molar-refractivity contribution in [2.24, 2.45) is 0 Å². The fourth-order valence-corrected chi connectivity index (χ4v) is 4.19. The van der Waals surface area contributed by atoms with E-state index in [0.717, 1.165) is 6.07 Å². The van der Waals surface area contributed by atoms with Crippen LogP contribution in [0.15, 0.2) is 59.4 Å². The molecular weight excluding hydrogens is 473 g/mol. The molecule has 2 aromatic heterocycles. The minimum Gasteiger partial charge on any atom is -0.337 e. The Balaban J connectivity index is 1.48. The predicted octanol–water partition coefficient (Wildman–Crippen LogP) is 4.97. The van der Waals surface area contributed by atoms with Crippen LogP contribution in [-0.4, -0.2) is 42.5 Å². The molecule has 1 amide bonds. The van der Waals surface area contributed by atoms with Crippen molar-refractivity contribution in [3.8, 4) is 17.1 Å². The topological polar surface area (TPSA) is 89.9 Å². The van der Waals surface area contributed by atoms with Crippen molar-refractivity contribution in [3.63, 3.8) is 0 Å². The van der Waals surface area contributed by atoms with E-state index in [1.807, 2.05) is 0 Å². The number of hydrogen-bond acceptors (Lipinski definition) is 6. The lowest BCUT2D eigenvalue weighted by Gasteiger charge is -2.23. The van der Waals surface area contributed by atoms with Crippen LogP contribution in [0.4, 0.5) is 13.2 Å². The maximum atomic E-state index is 13.5. The van der Waals surface area contributed by atoms with Crippen LogP contribution in [0.25, 0.3) is 17.1 Å². The molecule has 0 aliphatic carbocycles. The number of rotatable bonds is 4. The standard InChI is InChI=1S/C22H16ClF3N6O2/c23-13-7-8-17(32-27-9-10-28-32)15(12-13)21(33)31-11-3-6-18(31)20-29-19(30-34-20)14-4-1-2-5-16(14)22(24,25)26/h1-2,4-5,7-10,12,18H,3,6,11H2. The average Bonchev–Trinajstić information content (AvgIpc) is 3.59. The zero-order chi connectivity index (χ0) is 23.9. The van der Waals surface area contributed by atoms with Crippen LogP contribution in [0.2, 0.25) is 5.02 Å². The first-order valence-corrected chi connectivity index (χ1v) is 10.7. The fourth-order valence-electron chi connectivity index (χ4n) is 4.02. The molecule has 0 N–H and O–H groups in total. The number of carbonyl (C=O) groups excluding carboxylic acids is 1. The van der Waals surface area contributed by atoms with Gasteiger partial charge in [0.25, 0.3) is 5.91 Å². The molecule has 1 fully saturated rings. The number of halogens is 4. The molecule has 34 heavy (non-hydrogen) atoms. The van der Waals surface area contributed by atoms with Crippen molar-refractivity contribution < 1.29 is 22.5 Å². The van der Waals surface area contributed by atoms with Crippen molar-refractivity contribution in [1.82, 2.24) is 30.0 Å². The Morgan fingerprint density at radius 1 is 1.12 bits per heavy atom. The van der Waals surface area contributed by atoms with Crippen molar-refractivity contribution in [2.45, 2.75) is 25.1 Å². The molecule has 2 aromatic carbocycles. The Hall–Kier alpha value is -3.73. The normalized spacial score (nSPS) is 16.2. The fraction of sp³-hybridized carbons (Fsp3) is 0.227. The highest BCUT2D eigenvalue weighted by Gasteiger charge is 2.38. The predicted molar refractivity (Wildman–Crippen MR) is 114 cm³/mol. The number of benzene rings is 2. The van der Waals surface area contributed by atoms with E-state index in [0.29, 0.717) is 30.1 Å². The molecule has 1 aliphatic rings. The van der Waals surface area contributed by atoms with Gasteiger partial charge in [-0.1, -0.05) is 35.0 Å². The molecule has 5 rings (SSSR count). The maximum Gasteiger partial charge on any atom is 0.417 e. The van der Waals surface area contributed by atoms with Gasteiger partial charge in [0.15, 0.2) is 0 Å². The van der Waals surface area contributed by atoms with E-state index >= 15 is 0 Å². The summed E-state index contributed by atoms with van der Waals surface area (Å²) in [6.45, 7) is 0.402. The summed E-state index contributed by atoms with van der Waals surface area (Å²) in [5.41, 5.74) is -0.340. The summed E-state index contributed by atoms with van der Waals surface area (Å²) in [4.78, 5) is 20.6. The number of alkyl halides is 3. The first-order valence-electron chi connectivity index (χ1n) is 10.3. The average molecular weight is 489 g/mol. The second-order valence-corrected chi connectivity index (χ2v) is 8.07. The first-order chi connectivity index (χ1) is 16.3. The lowest BCUT2D eigenvalue weighted by atomic mass is 10.1. The molecule has 8 nitrogen and oxygen atoms in total. The highest BCUT2D eigenvalue weighted by Crippen LogP contribution is 2.38. The molecule has 1 saturated heterocycles. The second kappa shape index (κ2) is 8.56. The number of aromatic nitrogens is 5. The van der Waals surface area contributed by atoms with Gasteiger partial charge in [-0.05, 0) is 37.1 Å². The van der Waals surface area contributed by atoms with Crippen molar-refractivity contribution >= 4 is 17.5 Å². The summed E-state index contributed by atoms with van der Waals surface area (Å²) >= 11 is 6.15. The molecule has 1 unspecified atom stereocenters. The zero-order valence-electron chi connectivity index (χ0n) is 17.4. The summed E-state index contributed by atoms with van der Waals surface area (Å²) in [6.07, 6.45) is -0.426. The molecular formula is C22H16ClF3N6O2. The van der Waals surface area contributed by atoms with Gasteiger partial charge in [0.1, 0.15) is 6.04 Å². The molecule has 0 radical (unpaired) electrons. The lowest BCUT2D eigenvalue weighted by Crippen LogP contribution is -2.31. The smallest absolute Gasteiger partial charge is 0.337 e. The maximum absolute atomic E-state index is 13.5. The third-order valence-corrected chi connectivity index (χ3v) is 5.77. The molecule has 3 heterocycles. The van der Waals surface area contributed by atoms with E-state index in [2.05, 4.69) is 20.3 Å². The van der Waals surface area contributed by atoms with E-state index in [1.165, 1.54) is 41.5 Å². The molecule has 0 bridgehead atoms. The van der Waals surface area contributed by atoms with E-state index < -0.39 is 17.8 Å². The minimum absolute atomic E-state index is 0.0682. The number of amides is 1. The number of nitrogens with zero attached hydrogens (tertiary/aromatic N) is 6. The zero-order valence-corrected chi connectivity index (χ0v) is 18.2. The van der Waals surface area contributed by atoms with Crippen LogP contribution in [0, 0.1) is 0 Å². The van der Waals surface area contributed by atoms with E-state index in [1.54, 1.807) is 17.0 Å². The van der Waals surface area contributed by atoms with Crippen LogP contribution >= 0.6 is 11.6 Å². The summed E-state index contributed by atoms with van der Waals surface area (Å²) in [6, 6.07) is 9.20. The molecule has 1 aliphatic heterocycles. The van der Waals surface area contributed by atoms with Gasteiger partial charge in [-0.25, -0.2) is 0 Å². The SMILES string of the molecule is O=C(c1cc(Cl)ccc1-n1nccn1)N1CCCC1c1nc(-c2ccccc2C(F)(F)F)no1. The van der Waals surface area contributed by atoms with Crippen molar-refractivity contribution in [1.29, 1.82) is 0 Å². The van der Waals surface area contributed by atoms with Gasteiger partial charge in [-0.2, -0.15) is 33.1 Å². The molecule has 174 valence electrons. The first kappa shape index (κ1) is 22.1. The van der Waals surface area contributed by atoms with Gasteiger partial charge in [-0.15, -0.1) is 0 Å². The highest BCUT2D eigenvalue weighted by atomic mass is 35.5. The number of carbonyl (C=O) groups is 1. The Labute approximate surface area is 195 Å². The van der Waals surface area contributed by atoms with Gasteiger partial charge < -0.3 is 9.42 Å². The van der Waals surface area contributed by atoms with Crippen LogP contribution < -0.4 is 0 Å². The minimum atomic E-state index is -4.57. The summed E-state index contributed by atoms with van der Waals surface area (Å²) in [5, 5.41) is 12.3. The van der Waals surface area contributed by atoms with Gasteiger partial charge in [0, 0.05) is 17.1 Å². The van der Waals surface area contributed by atoms with Gasteiger partial charge >= 0.3 is 6.18 Å². The summed E-state index contributed by atoms with van der Waals surface area (Å²) < 4.78 is 45.6. The molecule has 4 aromatic rings. The largest absolute Gasteiger partial charge is 0.417 e. The Kier molecular flexibility index (Phi) is 5.56. The van der Waals surface area contributed by atoms with Gasteiger partial charge in [0.2, 0.25) is 11.7 Å². The summed E-state index contributed by atoms with van der Waals surface area (Å²) in [5.74, 6) is -0.474. The van der Waals surface area contributed by atoms with Crippen LogP contribution in [0.3, 0.4) is 0 Å². The van der Waals surface area contributed by atoms with E-state index in [4.69, 9.17) is 16.1 Å². The van der Waals surface area contributed by atoms with Crippen molar-refractivity contribution in [2.75, 3.05) is 6.54 Å². The number of hydrogen-bond donors (Lipinski definition) is 0. The Morgan fingerprint density at radius 2 is 1.88 bits per heavy atom. The molecule has 1 atom stereocenters. The van der Waals surface area contributed by atoms with Gasteiger partial charge in [0.05, 0.1) is 29.2 Å². The van der Waals surface area contributed by atoms with Crippen LogP contribution in [0.5, 0.6) is 0 Å². The van der Waals surface area contributed by atoms with Gasteiger partial charge in [-0.3, -0.25) is 4.79 Å². The highest BCUT2D eigenvalue weighted by molar-refractivity contribution is 6.31. The monoisotopic (exact) mass is 488 g/mol. The second-order valence-electron chi connectivity index (χ2n) is 7.64. The Bertz CT molecular complexity index is 1340. The lowest BCUT2D eigenvalue weighted by molar-refractivity contribution is -0.137. The number of likely N-dealkylation sites (tertiary alicyclic amines) is 1. The Morgan fingerprint density at radius 3 is 2.65 bits per heavy atom. The van der Waals surface area contributed by atoms with Crippen molar-refractivity contribution in [3.05, 3.63) is 76.9 Å². The third-order valence-electron chi connectivity index (χ3n) is 5.54.